The predicted molar refractivity (Wildman–Crippen MR) is 63.5 cm³/mol. The fraction of sp³-hybridized carbons (Fsp3) is 1.00. The summed E-state index contributed by atoms with van der Waals surface area (Å²) < 4.78 is 6.03. The van der Waals surface area contributed by atoms with Crippen molar-refractivity contribution in [3.63, 3.8) is 0 Å². The lowest BCUT2D eigenvalue weighted by Gasteiger charge is -2.43. The molecule has 0 heterocycles. The van der Waals surface area contributed by atoms with Crippen molar-refractivity contribution >= 4 is 0 Å². The molecule has 0 aromatic rings. The number of rotatable bonds is 6. The summed E-state index contributed by atoms with van der Waals surface area (Å²) in [5.41, 5.74) is 2.99. The lowest BCUT2D eigenvalue weighted by molar-refractivity contribution is -0.0916. The van der Waals surface area contributed by atoms with Crippen LogP contribution in [0.25, 0.3) is 0 Å². The molecular formula is C12H26N2O. The normalized spacial score (nSPS) is 22.6. The highest BCUT2D eigenvalue weighted by Gasteiger charge is 2.39. The van der Waals surface area contributed by atoms with E-state index in [0.717, 1.165) is 32.3 Å². The van der Waals surface area contributed by atoms with Gasteiger partial charge in [0.05, 0.1) is 11.6 Å². The van der Waals surface area contributed by atoms with E-state index in [9.17, 15) is 0 Å². The van der Waals surface area contributed by atoms with Crippen LogP contribution in [-0.2, 0) is 4.74 Å². The number of hydrogen-bond acceptors (Lipinski definition) is 3. The van der Waals surface area contributed by atoms with Crippen LogP contribution >= 0.6 is 0 Å². The third-order valence-electron chi connectivity index (χ3n) is 3.55. The molecule has 1 fully saturated rings. The van der Waals surface area contributed by atoms with E-state index in [0.29, 0.717) is 6.04 Å². The average Bonchev–Trinajstić information content (AvgIpc) is 2.27. The summed E-state index contributed by atoms with van der Waals surface area (Å²) in [6.07, 6.45) is 8.49. The van der Waals surface area contributed by atoms with Gasteiger partial charge in [-0.3, -0.25) is 11.3 Å². The highest BCUT2D eigenvalue weighted by molar-refractivity contribution is 4.94. The summed E-state index contributed by atoms with van der Waals surface area (Å²) in [7, 11) is 0. The minimum Gasteiger partial charge on any atom is -0.374 e. The molecule has 0 saturated heterocycles. The van der Waals surface area contributed by atoms with Crippen LogP contribution in [0.1, 0.15) is 58.8 Å². The van der Waals surface area contributed by atoms with Gasteiger partial charge in [0.15, 0.2) is 0 Å². The summed E-state index contributed by atoms with van der Waals surface area (Å²) in [6, 6.07) is 0.322. The first-order chi connectivity index (χ1) is 7.29. The number of hydrazine groups is 1. The van der Waals surface area contributed by atoms with E-state index in [2.05, 4.69) is 19.3 Å². The Morgan fingerprint density at radius 2 is 1.93 bits per heavy atom. The van der Waals surface area contributed by atoms with Crippen LogP contribution in [-0.4, -0.2) is 18.2 Å². The molecule has 3 heteroatoms. The summed E-state index contributed by atoms with van der Waals surface area (Å²) >= 11 is 0. The molecule has 0 aliphatic heterocycles. The van der Waals surface area contributed by atoms with Gasteiger partial charge in [0.2, 0.25) is 0 Å². The van der Waals surface area contributed by atoms with Crippen LogP contribution in [0.4, 0.5) is 0 Å². The maximum absolute atomic E-state index is 6.03. The van der Waals surface area contributed by atoms with Crippen molar-refractivity contribution in [1.82, 2.24) is 5.43 Å². The fourth-order valence-electron chi connectivity index (χ4n) is 2.82. The third-order valence-corrected chi connectivity index (χ3v) is 3.55. The Hall–Kier alpha value is -0.120. The molecular weight excluding hydrogens is 188 g/mol. The number of nitrogens with one attached hydrogen (secondary N) is 1. The van der Waals surface area contributed by atoms with E-state index in [4.69, 9.17) is 10.6 Å². The van der Waals surface area contributed by atoms with Crippen LogP contribution in [0.2, 0.25) is 0 Å². The Morgan fingerprint density at radius 1 is 1.27 bits per heavy atom. The smallest absolute Gasteiger partial charge is 0.0848 e. The van der Waals surface area contributed by atoms with Crippen molar-refractivity contribution in [3.8, 4) is 0 Å². The van der Waals surface area contributed by atoms with Crippen molar-refractivity contribution in [1.29, 1.82) is 0 Å². The number of nitrogens with two attached hydrogens (primary N) is 1. The minimum atomic E-state index is 0.0117. The van der Waals surface area contributed by atoms with Gasteiger partial charge in [0.25, 0.3) is 0 Å². The Morgan fingerprint density at radius 3 is 2.40 bits per heavy atom. The van der Waals surface area contributed by atoms with E-state index in [1.165, 1.54) is 19.3 Å². The van der Waals surface area contributed by atoms with Crippen LogP contribution in [0.3, 0.4) is 0 Å². The molecule has 1 saturated carbocycles. The van der Waals surface area contributed by atoms with Crippen LogP contribution < -0.4 is 11.3 Å². The quantitative estimate of drug-likeness (QED) is 0.527. The van der Waals surface area contributed by atoms with Gasteiger partial charge in [-0.15, -0.1) is 0 Å². The number of hydrogen-bond donors (Lipinski definition) is 2. The molecule has 1 aliphatic carbocycles. The summed E-state index contributed by atoms with van der Waals surface area (Å²) in [6.45, 7) is 5.07. The maximum atomic E-state index is 6.03. The Balaban J connectivity index is 2.67. The second-order valence-electron chi connectivity index (χ2n) is 4.57. The Kier molecular flexibility index (Phi) is 5.58. The van der Waals surface area contributed by atoms with Gasteiger partial charge < -0.3 is 4.74 Å². The average molecular weight is 214 g/mol. The molecule has 0 aromatic carbocycles. The first-order valence-corrected chi connectivity index (χ1v) is 6.39. The number of ether oxygens (including phenoxy) is 1. The molecule has 1 unspecified atom stereocenters. The van der Waals surface area contributed by atoms with Crippen molar-refractivity contribution in [2.75, 3.05) is 6.61 Å². The fourth-order valence-corrected chi connectivity index (χ4v) is 2.82. The topological polar surface area (TPSA) is 47.3 Å². The zero-order valence-corrected chi connectivity index (χ0v) is 10.2. The molecule has 0 bridgehead atoms. The van der Waals surface area contributed by atoms with Gasteiger partial charge >= 0.3 is 0 Å². The summed E-state index contributed by atoms with van der Waals surface area (Å²) in [5.74, 6) is 5.68. The van der Waals surface area contributed by atoms with Crippen molar-refractivity contribution < 1.29 is 4.74 Å². The van der Waals surface area contributed by atoms with Crippen LogP contribution in [0, 0.1) is 0 Å². The van der Waals surface area contributed by atoms with Gasteiger partial charge in [0.1, 0.15) is 0 Å². The van der Waals surface area contributed by atoms with E-state index in [1.54, 1.807) is 0 Å². The molecule has 0 aromatic heterocycles. The highest BCUT2D eigenvalue weighted by atomic mass is 16.5. The van der Waals surface area contributed by atoms with E-state index in [1.807, 2.05) is 0 Å². The summed E-state index contributed by atoms with van der Waals surface area (Å²) in [5, 5.41) is 0. The summed E-state index contributed by atoms with van der Waals surface area (Å²) in [4.78, 5) is 0. The first kappa shape index (κ1) is 12.9. The molecule has 15 heavy (non-hydrogen) atoms. The SMILES string of the molecule is CCCC(NN)C1(OCC)CCCCC1. The van der Waals surface area contributed by atoms with Crippen molar-refractivity contribution in [2.45, 2.75) is 70.4 Å². The van der Waals surface area contributed by atoms with Crippen LogP contribution in [0.15, 0.2) is 0 Å². The first-order valence-electron chi connectivity index (χ1n) is 6.39. The highest BCUT2D eigenvalue weighted by Crippen LogP contribution is 2.35. The molecule has 1 rings (SSSR count). The van der Waals surface area contributed by atoms with E-state index < -0.39 is 0 Å². The van der Waals surface area contributed by atoms with Crippen molar-refractivity contribution in [2.24, 2.45) is 5.84 Å². The largest absolute Gasteiger partial charge is 0.374 e. The monoisotopic (exact) mass is 214 g/mol. The molecule has 0 radical (unpaired) electrons. The Labute approximate surface area is 93.7 Å². The van der Waals surface area contributed by atoms with Crippen molar-refractivity contribution in [3.05, 3.63) is 0 Å². The van der Waals surface area contributed by atoms with Gasteiger partial charge in [0, 0.05) is 6.61 Å². The minimum absolute atomic E-state index is 0.0117. The van der Waals surface area contributed by atoms with E-state index >= 15 is 0 Å². The lowest BCUT2D eigenvalue weighted by atomic mass is 9.78. The third kappa shape index (κ3) is 3.16. The second-order valence-corrected chi connectivity index (χ2v) is 4.57. The molecule has 90 valence electrons. The van der Waals surface area contributed by atoms with Gasteiger partial charge in [-0.2, -0.15) is 0 Å². The van der Waals surface area contributed by atoms with Gasteiger partial charge in [-0.1, -0.05) is 32.6 Å². The molecule has 3 N–H and O–H groups in total. The maximum Gasteiger partial charge on any atom is 0.0848 e. The second kappa shape index (κ2) is 6.46. The predicted octanol–water partition coefficient (Wildman–Crippen LogP) is 2.36. The zero-order valence-electron chi connectivity index (χ0n) is 10.2. The zero-order chi connectivity index (χ0) is 11.1. The van der Waals surface area contributed by atoms with E-state index in [-0.39, 0.29) is 5.60 Å². The Bertz CT molecular complexity index is 161. The van der Waals surface area contributed by atoms with Crippen LogP contribution in [0.5, 0.6) is 0 Å². The molecule has 1 aliphatic rings. The van der Waals surface area contributed by atoms with Gasteiger partial charge in [-0.05, 0) is 26.2 Å². The van der Waals surface area contributed by atoms with Gasteiger partial charge in [-0.25, -0.2) is 0 Å². The molecule has 1 atom stereocenters. The lowest BCUT2D eigenvalue weighted by Crippen LogP contribution is -2.55. The standard InChI is InChI=1S/C12H26N2O/c1-3-8-11(14-13)12(15-4-2)9-6-5-7-10-12/h11,14H,3-10,13H2,1-2H3. The molecule has 0 amide bonds. The molecule has 0 spiro atoms. The molecule has 3 nitrogen and oxygen atoms in total.